The van der Waals surface area contributed by atoms with E-state index in [1.165, 1.54) is 6.08 Å². The van der Waals surface area contributed by atoms with Crippen molar-refractivity contribution in [1.82, 2.24) is 9.80 Å². The van der Waals surface area contributed by atoms with Crippen LogP contribution < -0.4 is 0 Å². The molecular weight excluding hydrogens is 298 g/mol. The topological polar surface area (TPSA) is 42.0 Å². The van der Waals surface area contributed by atoms with E-state index in [1.807, 2.05) is 4.90 Å². The molecule has 22 heavy (non-hydrogen) atoms. The standard InChI is InChI=1S/C15H22BN2O3P/c1-3-13(21-22)14(20-16)10-11(2)15(19)18-9-8-17-6-4-12(18)5-7-17/h3,10,12H,2,4-9,22H2,1H3/b13-3+,14-10+. The number of piperidine rings is 1. The monoisotopic (exact) mass is 320 g/mol. The molecule has 1 atom stereocenters. The molecule has 5 nitrogen and oxygen atoms in total. The number of amides is 1. The molecule has 0 aromatic heterocycles. The average Bonchev–Trinajstić information content (AvgIpc) is 2.87. The lowest BCUT2D eigenvalue weighted by atomic mass is 10.0. The Morgan fingerprint density at radius 3 is 2.50 bits per heavy atom. The van der Waals surface area contributed by atoms with Crippen molar-refractivity contribution in [3.63, 3.8) is 0 Å². The summed E-state index contributed by atoms with van der Waals surface area (Å²) in [6.07, 6.45) is 5.28. The van der Waals surface area contributed by atoms with Crippen LogP contribution in [0.25, 0.3) is 0 Å². The summed E-state index contributed by atoms with van der Waals surface area (Å²) in [5.74, 6) is 0.644. The molecule has 7 heteroatoms. The van der Waals surface area contributed by atoms with Crippen LogP contribution in [0.2, 0.25) is 0 Å². The molecule has 3 heterocycles. The van der Waals surface area contributed by atoms with Crippen LogP contribution in [-0.2, 0) is 14.0 Å². The fraction of sp³-hybridized carbons (Fsp3) is 0.533. The van der Waals surface area contributed by atoms with Gasteiger partial charge in [-0.15, -0.1) is 0 Å². The Balaban J connectivity index is 2.12. The normalized spacial score (nSPS) is 25.6. The highest BCUT2D eigenvalue weighted by Crippen LogP contribution is 2.23. The van der Waals surface area contributed by atoms with Gasteiger partial charge in [-0.3, -0.25) is 4.79 Å². The lowest BCUT2D eigenvalue weighted by Gasteiger charge is -2.31. The fourth-order valence-corrected chi connectivity index (χ4v) is 3.24. The summed E-state index contributed by atoms with van der Waals surface area (Å²) in [6, 6.07) is 0.304. The van der Waals surface area contributed by atoms with Crippen LogP contribution in [-0.4, -0.2) is 56.0 Å². The summed E-state index contributed by atoms with van der Waals surface area (Å²) in [6.45, 7) is 9.47. The Morgan fingerprint density at radius 2 is 1.95 bits per heavy atom. The summed E-state index contributed by atoms with van der Waals surface area (Å²) >= 11 is 0. The maximum absolute atomic E-state index is 12.7. The van der Waals surface area contributed by atoms with Gasteiger partial charge < -0.3 is 19.0 Å². The van der Waals surface area contributed by atoms with Gasteiger partial charge in [0.2, 0.25) is 0 Å². The predicted molar refractivity (Wildman–Crippen MR) is 89.8 cm³/mol. The van der Waals surface area contributed by atoms with Gasteiger partial charge in [-0.05, 0) is 31.9 Å². The van der Waals surface area contributed by atoms with Crippen molar-refractivity contribution < 1.29 is 14.0 Å². The molecule has 3 aliphatic heterocycles. The van der Waals surface area contributed by atoms with Crippen LogP contribution >= 0.6 is 9.47 Å². The maximum atomic E-state index is 12.7. The molecule has 2 bridgehead atoms. The first-order valence-corrected chi connectivity index (χ1v) is 7.92. The van der Waals surface area contributed by atoms with E-state index in [0.717, 1.165) is 39.0 Å². The average molecular weight is 320 g/mol. The van der Waals surface area contributed by atoms with Crippen LogP contribution in [0.5, 0.6) is 0 Å². The van der Waals surface area contributed by atoms with Gasteiger partial charge in [0.15, 0.2) is 5.76 Å². The van der Waals surface area contributed by atoms with Crippen LogP contribution in [0, 0.1) is 0 Å². The Kier molecular flexibility index (Phi) is 6.10. The summed E-state index contributed by atoms with van der Waals surface area (Å²) in [5, 5.41) is 0. The van der Waals surface area contributed by atoms with E-state index in [0.29, 0.717) is 17.4 Å². The Labute approximate surface area is 135 Å². The molecule has 1 amide bonds. The lowest BCUT2D eigenvalue weighted by molar-refractivity contribution is -0.128. The highest BCUT2D eigenvalue weighted by molar-refractivity contribution is 7.10. The molecule has 1 unspecified atom stereocenters. The van der Waals surface area contributed by atoms with Gasteiger partial charge in [-0.25, -0.2) is 0 Å². The third-order valence-electron chi connectivity index (χ3n) is 4.25. The molecule has 3 aliphatic rings. The van der Waals surface area contributed by atoms with Gasteiger partial charge in [0, 0.05) is 37.8 Å². The quantitative estimate of drug-likeness (QED) is 0.253. The number of hydrogen-bond donors (Lipinski definition) is 0. The molecule has 0 N–H and O–H groups in total. The minimum Gasteiger partial charge on any atom is -0.565 e. The number of fused-ring (bicyclic) bond motifs is 4. The predicted octanol–water partition coefficient (Wildman–Crippen LogP) is 1.54. The molecule has 118 valence electrons. The molecule has 0 spiro atoms. The van der Waals surface area contributed by atoms with E-state index in [4.69, 9.17) is 17.2 Å². The van der Waals surface area contributed by atoms with Crippen molar-refractivity contribution in [2.24, 2.45) is 0 Å². The second-order valence-electron chi connectivity index (χ2n) is 5.49. The van der Waals surface area contributed by atoms with Gasteiger partial charge in [-0.1, -0.05) is 6.58 Å². The minimum atomic E-state index is -0.0671. The molecule has 0 aromatic rings. The number of hydrogen-bond acceptors (Lipinski definition) is 4. The van der Waals surface area contributed by atoms with Crippen molar-refractivity contribution in [1.29, 1.82) is 0 Å². The summed E-state index contributed by atoms with van der Waals surface area (Å²) < 4.78 is 9.88. The van der Waals surface area contributed by atoms with Gasteiger partial charge >= 0.3 is 8.05 Å². The summed E-state index contributed by atoms with van der Waals surface area (Å²) in [4.78, 5) is 17.0. The van der Waals surface area contributed by atoms with Gasteiger partial charge in [0.05, 0.1) is 9.47 Å². The van der Waals surface area contributed by atoms with Gasteiger partial charge in [0.1, 0.15) is 5.76 Å². The second-order valence-corrected chi connectivity index (χ2v) is 5.73. The molecule has 2 radical (unpaired) electrons. The first-order valence-electron chi connectivity index (χ1n) is 7.44. The number of allylic oxidation sites excluding steroid dienone is 1. The summed E-state index contributed by atoms with van der Waals surface area (Å²) in [5.41, 5.74) is 0.349. The zero-order valence-electron chi connectivity index (χ0n) is 13.0. The fourth-order valence-electron chi connectivity index (χ4n) is 2.99. The zero-order valence-corrected chi connectivity index (χ0v) is 14.1. The van der Waals surface area contributed by atoms with Crippen molar-refractivity contribution in [2.75, 3.05) is 26.2 Å². The molecule has 0 saturated carbocycles. The molecule has 0 aromatic carbocycles. The van der Waals surface area contributed by atoms with Crippen LogP contribution in [0.15, 0.2) is 35.8 Å². The Morgan fingerprint density at radius 1 is 1.27 bits per heavy atom. The molecular formula is C15H22BN2O3P. The largest absolute Gasteiger partial charge is 0.565 e. The first-order chi connectivity index (χ1) is 10.6. The third kappa shape index (κ3) is 3.74. The Bertz CT molecular complexity index is 499. The van der Waals surface area contributed by atoms with E-state index in [9.17, 15) is 4.79 Å². The van der Waals surface area contributed by atoms with E-state index in [2.05, 4.69) is 20.9 Å². The third-order valence-corrected chi connectivity index (χ3v) is 4.51. The van der Waals surface area contributed by atoms with Crippen molar-refractivity contribution in [3.05, 3.63) is 35.8 Å². The minimum absolute atomic E-state index is 0.0671. The van der Waals surface area contributed by atoms with E-state index < -0.39 is 0 Å². The zero-order chi connectivity index (χ0) is 16.1. The molecule has 3 fully saturated rings. The number of carbonyl (C=O) groups is 1. The molecule has 3 rings (SSSR count). The highest BCUT2D eigenvalue weighted by Gasteiger charge is 2.32. The molecule has 3 saturated heterocycles. The first kappa shape index (κ1) is 17.1. The van der Waals surface area contributed by atoms with Crippen molar-refractivity contribution in [3.8, 4) is 0 Å². The highest BCUT2D eigenvalue weighted by atomic mass is 31.0. The van der Waals surface area contributed by atoms with Gasteiger partial charge in [0.25, 0.3) is 5.91 Å². The van der Waals surface area contributed by atoms with Crippen molar-refractivity contribution in [2.45, 2.75) is 25.8 Å². The van der Waals surface area contributed by atoms with E-state index in [-0.39, 0.29) is 11.7 Å². The van der Waals surface area contributed by atoms with Crippen LogP contribution in [0.1, 0.15) is 19.8 Å². The number of rotatable bonds is 5. The van der Waals surface area contributed by atoms with Crippen LogP contribution in [0.3, 0.4) is 0 Å². The van der Waals surface area contributed by atoms with E-state index in [1.54, 1.807) is 13.0 Å². The maximum Gasteiger partial charge on any atom is 0.374 e. The van der Waals surface area contributed by atoms with Crippen molar-refractivity contribution >= 4 is 23.4 Å². The Hall–Kier alpha value is -1.26. The molecule has 0 aliphatic carbocycles. The number of carbonyl (C=O) groups excluding carboxylic acids is 1. The smallest absolute Gasteiger partial charge is 0.374 e. The number of nitrogens with zero attached hydrogens (tertiary/aromatic N) is 2. The second kappa shape index (κ2) is 7.84. The summed E-state index contributed by atoms with van der Waals surface area (Å²) in [7, 11) is 7.39. The SMILES string of the molecule is [B]OC(=C/C(=C)C(=O)N1CCN2CCC1CC2)/C(=C\C)OP. The van der Waals surface area contributed by atoms with Crippen LogP contribution in [0.4, 0.5) is 0 Å². The lowest BCUT2D eigenvalue weighted by Crippen LogP contribution is -2.42. The van der Waals surface area contributed by atoms with E-state index >= 15 is 0 Å². The van der Waals surface area contributed by atoms with Gasteiger partial charge in [-0.2, -0.15) is 0 Å².